The van der Waals surface area contributed by atoms with Crippen LogP contribution in [-0.2, 0) is 19.1 Å². The van der Waals surface area contributed by atoms with Crippen molar-refractivity contribution in [2.75, 3.05) is 13.2 Å². The van der Waals surface area contributed by atoms with Gasteiger partial charge in [0.2, 0.25) is 0 Å². The van der Waals surface area contributed by atoms with Crippen molar-refractivity contribution in [3.63, 3.8) is 0 Å². The monoisotopic (exact) mass is 452 g/mol. The van der Waals surface area contributed by atoms with Gasteiger partial charge in [-0.05, 0) is 37.5 Å². The lowest BCUT2D eigenvalue weighted by atomic mass is 9.79. The van der Waals surface area contributed by atoms with E-state index in [1.54, 1.807) is 0 Å². The Bertz CT molecular complexity index is 442. The topological polar surface area (TPSA) is 52.6 Å². The zero-order chi connectivity index (χ0) is 23.6. The molecule has 1 aliphatic rings. The van der Waals surface area contributed by atoms with Crippen LogP contribution in [0.2, 0.25) is 0 Å². The van der Waals surface area contributed by atoms with Gasteiger partial charge in [0.1, 0.15) is 0 Å². The Balaban J connectivity index is 2.17. The maximum absolute atomic E-state index is 12.6. The number of hydrogen-bond acceptors (Lipinski definition) is 4. The van der Waals surface area contributed by atoms with Crippen molar-refractivity contribution in [2.45, 2.75) is 130 Å². The molecule has 1 rings (SSSR count). The zero-order valence-electron chi connectivity index (χ0n) is 21.7. The Morgan fingerprint density at radius 3 is 1.31 bits per heavy atom. The number of unbranched alkanes of at least 4 members (excludes halogenated alkanes) is 8. The van der Waals surface area contributed by atoms with Gasteiger partial charge in [0.15, 0.2) is 0 Å². The van der Waals surface area contributed by atoms with E-state index in [0.29, 0.717) is 13.2 Å². The first-order valence-corrected chi connectivity index (χ1v) is 13.7. The van der Waals surface area contributed by atoms with Crippen molar-refractivity contribution >= 4 is 11.9 Å². The molecule has 0 spiro atoms. The summed E-state index contributed by atoms with van der Waals surface area (Å²) in [7, 11) is 0. The van der Waals surface area contributed by atoms with Crippen molar-refractivity contribution in [1.29, 1.82) is 0 Å². The molecule has 1 saturated carbocycles. The van der Waals surface area contributed by atoms with E-state index in [1.165, 1.54) is 51.4 Å². The average Bonchev–Trinajstić information content (AvgIpc) is 2.76. The number of hydrogen-bond donors (Lipinski definition) is 0. The fourth-order valence-electron chi connectivity index (χ4n) is 4.62. The van der Waals surface area contributed by atoms with Gasteiger partial charge in [-0.3, -0.25) is 9.59 Å². The molecule has 0 aromatic rings. The predicted molar refractivity (Wildman–Crippen MR) is 132 cm³/mol. The average molecular weight is 453 g/mol. The predicted octanol–water partition coefficient (Wildman–Crippen LogP) is 7.87. The fraction of sp³-hybridized carbons (Fsp3) is 0.929. The van der Waals surface area contributed by atoms with E-state index in [1.807, 2.05) is 0 Å². The van der Waals surface area contributed by atoms with E-state index in [2.05, 4.69) is 27.7 Å². The van der Waals surface area contributed by atoms with Crippen molar-refractivity contribution in [3.8, 4) is 0 Å². The summed E-state index contributed by atoms with van der Waals surface area (Å²) in [6, 6.07) is 0. The second-order valence-corrected chi connectivity index (χ2v) is 10.7. The molecular weight excluding hydrogens is 400 g/mol. The minimum atomic E-state index is -0.307. The smallest absolute Gasteiger partial charge is 0.309 e. The van der Waals surface area contributed by atoms with E-state index in [9.17, 15) is 9.59 Å². The minimum absolute atomic E-state index is 0.184. The minimum Gasteiger partial charge on any atom is -0.465 e. The van der Waals surface area contributed by atoms with Crippen LogP contribution in [0.15, 0.2) is 0 Å². The molecule has 32 heavy (non-hydrogen) atoms. The summed E-state index contributed by atoms with van der Waals surface area (Å²) < 4.78 is 11.1. The normalized spacial score (nSPS) is 18.8. The molecule has 0 radical (unpaired) electrons. The SMILES string of the molecule is CC(C)CCCCCCCOC(=O)C1CCCCC1C(=O)OCCCCCCCC(C)C. The van der Waals surface area contributed by atoms with E-state index < -0.39 is 0 Å². The molecule has 4 nitrogen and oxygen atoms in total. The largest absolute Gasteiger partial charge is 0.465 e. The van der Waals surface area contributed by atoms with Gasteiger partial charge in [0.05, 0.1) is 25.0 Å². The maximum atomic E-state index is 12.6. The van der Waals surface area contributed by atoms with Crippen LogP contribution >= 0.6 is 0 Å². The van der Waals surface area contributed by atoms with Gasteiger partial charge in [-0.1, -0.05) is 105 Å². The summed E-state index contributed by atoms with van der Waals surface area (Å²) in [5.74, 6) is 0.584. The summed E-state index contributed by atoms with van der Waals surface area (Å²) in [6.45, 7) is 10.0. The molecule has 0 aromatic carbocycles. The highest BCUT2D eigenvalue weighted by Crippen LogP contribution is 2.32. The molecule has 0 heterocycles. The highest BCUT2D eigenvalue weighted by molar-refractivity contribution is 5.82. The highest BCUT2D eigenvalue weighted by atomic mass is 16.5. The Morgan fingerprint density at radius 1 is 0.594 bits per heavy atom. The van der Waals surface area contributed by atoms with Gasteiger partial charge in [-0.15, -0.1) is 0 Å². The van der Waals surface area contributed by atoms with E-state index >= 15 is 0 Å². The van der Waals surface area contributed by atoms with Crippen molar-refractivity contribution in [3.05, 3.63) is 0 Å². The van der Waals surface area contributed by atoms with Crippen LogP contribution < -0.4 is 0 Å². The Morgan fingerprint density at radius 2 is 0.938 bits per heavy atom. The Hall–Kier alpha value is -1.06. The molecule has 4 heteroatoms. The second kappa shape index (κ2) is 18.4. The summed E-state index contributed by atoms with van der Waals surface area (Å²) in [5.41, 5.74) is 0. The number of ether oxygens (including phenoxy) is 2. The molecule has 1 fully saturated rings. The van der Waals surface area contributed by atoms with Gasteiger partial charge in [0, 0.05) is 0 Å². The summed E-state index contributed by atoms with van der Waals surface area (Å²) >= 11 is 0. The summed E-state index contributed by atoms with van der Waals surface area (Å²) in [6.07, 6.45) is 17.7. The lowest BCUT2D eigenvalue weighted by Gasteiger charge is -2.28. The van der Waals surface area contributed by atoms with Gasteiger partial charge in [-0.25, -0.2) is 0 Å². The third-order valence-corrected chi connectivity index (χ3v) is 6.71. The molecule has 188 valence electrons. The van der Waals surface area contributed by atoms with Gasteiger partial charge in [0.25, 0.3) is 0 Å². The van der Waals surface area contributed by atoms with Crippen molar-refractivity contribution in [2.24, 2.45) is 23.7 Å². The lowest BCUT2D eigenvalue weighted by molar-refractivity contribution is -0.163. The van der Waals surface area contributed by atoms with Gasteiger partial charge >= 0.3 is 11.9 Å². The fourth-order valence-corrected chi connectivity index (χ4v) is 4.62. The van der Waals surface area contributed by atoms with E-state index in [-0.39, 0.29) is 23.8 Å². The van der Waals surface area contributed by atoms with Crippen LogP contribution in [-0.4, -0.2) is 25.2 Å². The van der Waals surface area contributed by atoms with Crippen LogP contribution in [0.3, 0.4) is 0 Å². The van der Waals surface area contributed by atoms with E-state index in [0.717, 1.165) is 63.2 Å². The maximum Gasteiger partial charge on any atom is 0.309 e. The molecule has 0 N–H and O–H groups in total. The number of carbonyl (C=O) groups excluding carboxylic acids is 2. The van der Waals surface area contributed by atoms with Crippen LogP contribution in [0.1, 0.15) is 130 Å². The molecule has 0 aliphatic heterocycles. The van der Waals surface area contributed by atoms with Crippen molar-refractivity contribution < 1.29 is 19.1 Å². The summed E-state index contributed by atoms with van der Waals surface area (Å²) in [5, 5.41) is 0. The van der Waals surface area contributed by atoms with Crippen molar-refractivity contribution in [1.82, 2.24) is 0 Å². The highest BCUT2D eigenvalue weighted by Gasteiger charge is 2.37. The zero-order valence-corrected chi connectivity index (χ0v) is 21.7. The van der Waals surface area contributed by atoms with E-state index in [4.69, 9.17) is 9.47 Å². The number of carbonyl (C=O) groups is 2. The van der Waals surface area contributed by atoms with Gasteiger partial charge in [-0.2, -0.15) is 0 Å². The standard InChI is InChI=1S/C28H52O4/c1-23(2)17-11-7-5-9-15-21-31-27(29)25-19-13-14-20-26(25)28(30)32-22-16-10-6-8-12-18-24(3)4/h23-26H,5-22H2,1-4H3. The summed E-state index contributed by atoms with van der Waals surface area (Å²) in [4.78, 5) is 25.2. The molecule has 2 atom stereocenters. The number of esters is 2. The first-order valence-electron chi connectivity index (χ1n) is 13.7. The first kappa shape index (κ1) is 29.0. The molecule has 0 saturated heterocycles. The van der Waals surface area contributed by atoms with Crippen LogP contribution in [0, 0.1) is 23.7 Å². The molecule has 2 unspecified atom stereocenters. The van der Waals surface area contributed by atoms with Crippen LogP contribution in [0.5, 0.6) is 0 Å². The Kier molecular flexibility index (Phi) is 16.6. The lowest BCUT2D eigenvalue weighted by Crippen LogP contribution is -2.35. The molecule has 0 aromatic heterocycles. The molecule has 1 aliphatic carbocycles. The quantitative estimate of drug-likeness (QED) is 0.157. The Labute approximate surface area is 198 Å². The molecule has 0 amide bonds. The third-order valence-electron chi connectivity index (χ3n) is 6.71. The second-order valence-electron chi connectivity index (χ2n) is 10.7. The molecular formula is C28H52O4. The van der Waals surface area contributed by atoms with Crippen LogP contribution in [0.25, 0.3) is 0 Å². The first-order chi connectivity index (χ1) is 15.4. The van der Waals surface area contributed by atoms with Gasteiger partial charge < -0.3 is 9.47 Å². The molecule has 0 bridgehead atoms. The number of rotatable bonds is 18. The van der Waals surface area contributed by atoms with Crippen LogP contribution in [0.4, 0.5) is 0 Å². The third kappa shape index (κ3) is 14.2.